The average molecular weight is 483 g/mol. The summed E-state index contributed by atoms with van der Waals surface area (Å²) in [6.45, 7) is 1.07. The second-order valence-electron chi connectivity index (χ2n) is 7.40. The highest BCUT2D eigenvalue weighted by Gasteiger charge is 2.28. The number of carbonyl (C=O) groups excluding carboxylic acids is 1. The monoisotopic (exact) mass is 482 g/mol. The number of carbonyl (C=O) groups is 4. The number of aliphatic carboxylic acids is 3. The third kappa shape index (κ3) is 13.6. The van der Waals surface area contributed by atoms with Crippen LogP contribution in [0.25, 0.3) is 0 Å². The lowest BCUT2D eigenvalue weighted by atomic mass is 10.1. The van der Waals surface area contributed by atoms with E-state index in [9.17, 15) is 19.2 Å². The van der Waals surface area contributed by atoms with Crippen LogP contribution in [0.4, 0.5) is 0 Å². The molecule has 0 unspecified atom stereocenters. The molecule has 1 aliphatic rings. The van der Waals surface area contributed by atoms with Gasteiger partial charge in [-0.05, 0) is 37.7 Å². The second kappa shape index (κ2) is 16.9. The minimum atomic E-state index is -1.00. The van der Waals surface area contributed by atoms with Gasteiger partial charge >= 0.3 is 17.9 Å². The number of nitrogens with two attached hydrogens (primary N) is 3. The van der Waals surface area contributed by atoms with E-state index in [0.29, 0.717) is 45.2 Å². The van der Waals surface area contributed by atoms with Gasteiger partial charge in [0.15, 0.2) is 5.96 Å². The van der Waals surface area contributed by atoms with Gasteiger partial charge in [0.2, 0.25) is 6.41 Å². The highest BCUT2D eigenvalue weighted by molar-refractivity contribution is 5.76. The summed E-state index contributed by atoms with van der Waals surface area (Å²) in [5, 5.41) is 34.7. The Kier molecular flexibility index (Phi) is 15.0. The van der Waals surface area contributed by atoms with Crippen molar-refractivity contribution in [2.45, 2.75) is 50.2 Å². The van der Waals surface area contributed by atoms with E-state index in [1.807, 2.05) is 30.3 Å². The van der Waals surface area contributed by atoms with E-state index in [2.05, 4.69) is 5.32 Å². The number of likely N-dealkylation sites (tertiary alicyclic amines) is 1. The van der Waals surface area contributed by atoms with E-state index in [4.69, 9.17) is 37.9 Å². The molecule has 0 saturated carbocycles. The number of benzene rings is 1. The van der Waals surface area contributed by atoms with Gasteiger partial charge in [-0.1, -0.05) is 30.3 Å². The molecule has 190 valence electrons. The Bertz CT molecular complexity index is 793. The number of rotatable bonds is 10. The van der Waals surface area contributed by atoms with Crippen molar-refractivity contribution in [1.82, 2.24) is 10.2 Å². The Labute approximate surface area is 197 Å². The molecule has 1 aliphatic heterocycles. The maximum atomic E-state index is 10.4. The molecule has 13 nitrogen and oxygen atoms in total. The van der Waals surface area contributed by atoms with E-state index in [0.717, 1.165) is 12.0 Å². The van der Waals surface area contributed by atoms with Gasteiger partial charge in [-0.25, -0.2) is 4.79 Å². The first-order valence-electron chi connectivity index (χ1n) is 10.5. The predicted molar refractivity (Wildman–Crippen MR) is 124 cm³/mol. The van der Waals surface area contributed by atoms with Crippen molar-refractivity contribution in [2.75, 3.05) is 13.1 Å². The molecule has 1 aromatic rings. The van der Waals surface area contributed by atoms with Crippen molar-refractivity contribution in [2.24, 2.45) is 17.2 Å². The number of hydrogen-bond acceptors (Lipinski definition) is 7. The molecule has 11 N–H and O–H groups in total. The van der Waals surface area contributed by atoms with Gasteiger partial charge in [0, 0.05) is 13.1 Å². The summed E-state index contributed by atoms with van der Waals surface area (Å²) in [5.41, 5.74) is 16.5. The lowest BCUT2D eigenvalue weighted by molar-refractivity contribution is -0.144. The molecule has 1 aromatic carbocycles. The summed E-state index contributed by atoms with van der Waals surface area (Å²) in [7, 11) is 0. The van der Waals surface area contributed by atoms with Gasteiger partial charge in [0.05, 0.1) is 0 Å². The van der Waals surface area contributed by atoms with Crippen molar-refractivity contribution < 1.29 is 34.5 Å². The lowest BCUT2D eigenvalue weighted by Crippen LogP contribution is -2.34. The number of nitrogens with one attached hydrogen (secondary N) is 2. The number of carboxylic acid groups (broad SMARTS) is 3. The van der Waals surface area contributed by atoms with Crippen LogP contribution in [0.5, 0.6) is 0 Å². The van der Waals surface area contributed by atoms with Crippen LogP contribution in [0.1, 0.15) is 31.2 Å². The molecule has 3 atom stereocenters. The van der Waals surface area contributed by atoms with E-state index in [1.165, 1.54) is 4.90 Å². The van der Waals surface area contributed by atoms with Gasteiger partial charge in [-0.3, -0.25) is 19.8 Å². The molecule has 34 heavy (non-hydrogen) atoms. The average Bonchev–Trinajstić information content (AvgIpc) is 3.27. The number of hydrogen-bond donors (Lipinski definition) is 8. The Morgan fingerprint density at radius 1 is 1.12 bits per heavy atom. The largest absolute Gasteiger partial charge is 0.480 e. The molecule has 0 aromatic heterocycles. The molecule has 0 bridgehead atoms. The van der Waals surface area contributed by atoms with Crippen LogP contribution < -0.4 is 22.5 Å². The summed E-state index contributed by atoms with van der Waals surface area (Å²) in [5.74, 6) is -2.97. The molecular weight excluding hydrogens is 448 g/mol. The first-order chi connectivity index (χ1) is 16.0. The Balaban J connectivity index is 0.000000482. The summed E-state index contributed by atoms with van der Waals surface area (Å²) in [4.78, 5) is 42.5. The van der Waals surface area contributed by atoms with E-state index in [-0.39, 0.29) is 5.96 Å². The normalized spacial score (nSPS) is 15.9. The highest BCUT2D eigenvalue weighted by atomic mass is 16.4. The predicted octanol–water partition coefficient (Wildman–Crippen LogP) is -1.01. The van der Waals surface area contributed by atoms with Crippen LogP contribution in [-0.2, 0) is 25.6 Å². The highest BCUT2D eigenvalue weighted by Crippen LogP contribution is 2.14. The molecule has 1 saturated heterocycles. The summed E-state index contributed by atoms with van der Waals surface area (Å²) < 4.78 is 0. The molecule has 2 rings (SSSR count). The maximum absolute atomic E-state index is 10.4. The molecule has 13 heteroatoms. The lowest BCUT2D eigenvalue weighted by Gasteiger charge is -2.14. The van der Waals surface area contributed by atoms with Crippen LogP contribution in [0, 0.1) is 5.41 Å². The molecule has 0 radical (unpaired) electrons. The summed E-state index contributed by atoms with van der Waals surface area (Å²) >= 11 is 0. The molecular formula is C21H34N6O7. The van der Waals surface area contributed by atoms with Crippen LogP contribution >= 0.6 is 0 Å². The Morgan fingerprint density at radius 3 is 2.15 bits per heavy atom. The minimum absolute atomic E-state index is 0.112. The molecule has 1 heterocycles. The smallest absolute Gasteiger partial charge is 0.326 e. The Morgan fingerprint density at radius 2 is 1.71 bits per heavy atom. The van der Waals surface area contributed by atoms with Crippen LogP contribution in [0.2, 0.25) is 0 Å². The van der Waals surface area contributed by atoms with E-state index < -0.39 is 36.0 Å². The fraction of sp³-hybridized carbons (Fsp3) is 0.476. The summed E-state index contributed by atoms with van der Waals surface area (Å²) in [6.07, 6.45) is 3.36. The fourth-order valence-electron chi connectivity index (χ4n) is 2.80. The van der Waals surface area contributed by atoms with Crippen LogP contribution in [0.3, 0.4) is 0 Å². The second-order valence-corrected chi connectivity index (χ2v) is 7.40. The van der Waals surface area contributed by atoms with E-state index >= 15 is 0 Å². The first-order valence-corrected chi connectivity index (χ1v) is 10.5. The number of guanidine groups is 1. The van der Waals surface area contributed by atoms with Crippen molar-refractivity contribution in [3.05, 3.63) is 35.9 Å². The van der Waals surface area contributed by atoms with Crippen molar-refractivity contribution in [1.29, 1.82) is 5.41 Å². The SMILES string of the molecule is N=C(N)NCCC[C@H](N)C(=O)O.N[C@@H](Cc1ccccc1)C(=O)O.O=CN1CCC[C@H]1C(=O)O. The van der Waals surface area contributed by atoms with Gasteiger partial charge in [-0.2, -0.15) is 0 Å². The molecule has 1 amide bonds. The van der Waals surface area contributed by atoms with Crippen molar-refractivity contribution in [3.8, 4) is 0 Å². The van der Waals surface area contributed by atoms with Crippen molar-refractivity contribution >= 4 is 30.3 Å². The van der Waals surface area contributed by atoms with Crippen molar-refractivity contribution in [3.63, 3.8) is 0 Å². The number of carboxylic acids is 3. The molecule has 0 aliphatic carbocycles. The molecule has 1 fully saturated rings. The zero-order chi connectivity index (χ0) is 26.1. The minimum Gasteiger partial charge on any atom is -0.480 e. The van der Waals surface area contributed by atoms with Crippen LogP contribution in [0.15, 0.2) is 30.3 Å². The first kappa shape index (κ1) is 30.3. The van der Waals surface area contributed by atoms with Gasteiger partial charge < -0.3 is 42.7 Å². The van der Waals surface area contributed by atoms with E-state index in [1.54, 1.807) is 0 Å². The third-order valence-corrected chi connectivity index (χ3v) is 4.65. The van der Waals surface area contributed by atoms with Crippen LogP contribution in [-0.4, -0.2) is 81.7 Å². The quantitative estimate of drug-likeness (QED) is 0.0868. The maximum Gasteiger partial charge on any atom is 0.326 e. The number of amides is 1. The molecule has 0 spiro atoms. The summed E-state index contributed by atoms with van der Waals surface area (Å²) in [6, 6.07) is 7.15. The fourth-order valence-corrected chi connectivity index (χ4v) is 2.80. The van der Waals surface area contributed by atoms with Gasteiger partial charge in [-0.15, -0.1) is 0 Å². The zero-order valence-corrected chi connectivity index (χ0v) is 18.8. The van der Waals surface area contributed by atoms with Gasteiger partial charge in [0.1, 0.15) is 18.1 Å². The third-order valence-electron chi connectivity index (χ3n) is 4.65. The standard InChI is InChI=1S/C9H11NO2.C6H14N4O2.C6H9NO3/c10-8(9(11)12)6-7-4-2-1-3-5-7;7-4(5(11)12)2-1-3-10-6(8)9;8-4-7-3-1-2-5(7)6(9)10/h1-5,8H,6,10H2,(H,11,12);4H,1-3,7H2,(H,11,12)(H4,8,9,10);4-5H,1-3H2,(H,9,10)/t8-;4-;5-/m000/s1. The Hall–Kier alpha value is -3.71. The zero-order valence-electron chi connectivity index (χ0n) is 18.8. The number of nitrogens with zero attached hydrogens (tertiary/aromatic N) is 1. The van der Waals surface area contributed by atoms with Gasteiger partial charge in [0.25, 0.3) is 0 Å². The topological polar surface area (TPSA) is 246 Å².